The fraction of sp³-hybridized carbons (Fsp3) is 1.00. The van der Waals surface area contributed by atoms with E-state index in [4.69, 9.17) is 34.2 Å². The second-order valence-corrected chi connectivity index (χ2v) is 11.2. The van der Waals surface area contributed by atoms with Gasteiger partial charge in [0.25, 0.3) is 0 Å². The zero-order valence-electron chi connectivity index (χ0n) is 22.2. The molecule has 18 heteroatoms. The minimum Gasteiger partial charge on any atom is -0.394 e. The van der Waals surface area contributed by atoms with Crippen LogP contribution in [0.25, 0.3) is 0 Å². The summed E-state index contributed by atoms with van der Waals surface area (Å²) in [4.78, 5) is 0. The molecule has 0 aromatic carbocycles. The van der Waals surface area contributed by atoms with Crippen molar-refractivity contribution in [3.05, 3.63) is 0 Å². The molecule has 3 rings (SSSR count). The van der Waals surface area contributed by atoms with Crippen LogP contribution in [0.1, 0.15) is 6.42 Å². The highest BCUT2D eigenvalue weighted by Crippen LogP contribution is 2.33. The highest BCUT2D eigenvalue weighted by Gasteiger charge is 2.54. The van der Waals surface area contributed by atoms with Gasteiger partial charge in [0.1, 0.15) is 73.2 Å². The molecule has 3 aliphatic rings. The van der Waals surface area contributed by atoms with Gasteiger partial charge in [-0.15, -0.1) is 0 Å². The highest BCUT2D eigenvalue weighted by molar-refractivity contribution is 7.99. The summed E-state index contributed by atoms with van der Waals surface area (Å²) < 4.78 is 33.8. The van der Waals surface area contributed by atoms with Crippen molar-refractivity contribution in [3.8, 4) is 0 Å². The molecule has 0 aromatic rings. The first-order chi connectivity index (χ1) is 19.6. The lowest BCUT2D eigenvalue weighted by molar-refractivity contribution is -0.393. The number of aliphatic hydroxyl groups excluding tert-OH is 10. The predicted molar refractivity (Wildman–Crippen MR) is 136 cm³/mol. The molecule has 0 bridgehead atoms. The van der Waals surface area contributed by atoms with Crippen LogP contribution in [0.5, 0.6) is 0 Å². The summed E-state index contributed by atoms with van der Waals surface area (Å²) in [5, 5.41) is 102. The SMILES string of the molecule is NCCSCCCO[C@@H]1OC(CO)[C@@H](O)[C@H](O)C1O[C@@H]1OC(CO)[C@@H](O)[C@H](O)C1O[C@@H]1OC(CO)[C@@H](O)[C@H](O)C1O. The Labute approximate surface area is 240 Å². The number of hydrogen-bond acceptors (Lipinski definition) is 18. The zero-order chi connectivity index (χ0) is 30.3. The molecule has 17 nitrogen and oxygen atoms in total. The summed E-state index contributed by atoms with van der Waals surface area (Å²) >= 11 is 1.60. The molecule has 0 radical (unpaired) electrons. The molecule has 0 aromatic heterocycles. The molecule has 12 N–H and O–H groups in total. The Morgan fingerprint density at radius 2 is 1.02 bits per heavy atom. The van der Waals surface area contributed by atoms with Crippen LogP contribution in [0.4, 0.5) is 0 Å². The maximum atomic E-state index is 10.9. The van der Waals surface area contributed by atoms with Crippen LogP contribution < -0.4 is 5.73 Å². The van der Waals surface area contributed by atoms with Gasteiger partial charge < -0.3 is 85.2 Å². The molecular formula is C23H43NO16S. The van der Waals surface area contributed by atoms with E-state index in [1.165, 1.54) is 0 Å². The lowest BCUT2D eigenvalue weighted by Crippen LogP contribution is -2.67. The topological polar surface area (TPSA) is 284 Å². The molecule has 3 heterocycles. The molecule has 0 spiro atoms. The Morgan fingerprint density at radius 3 is 1.56 bits per heavy atom. The van der Waals surface area contributed by atoms with Crippen molar-refractivity contribution >= 4 is 11.8 Å². The van der Waals surface area contributed by atoms with Crippen molar-refractivity contribution in [1.29, 1.82) is 0 Å². The van der Waals surface area contributed by atoms with Crippen LogP contribution in [0.15, 0.2) is 0 Å². The quantitative estimate of drug-likeness (QED) is 0.0804. The normalized spacial score (nSPS) is 45.6. The van der Waals surface area contributed by atoms with E-state index in [1.807, 2.05) is 0 Å². The summed E-state index contributed by atoms with van der Waals surface area (Å²) in [5.74, 6) is 1.45. The van der Waals surface area contributed by atoms with Gasteiger partial charge in [0.05, 0.1) is 26.4 Å². The standard InChI is InChI=1S/C23H43NO16S/c24-2-5-41-4-1-3-35-22-19(16(32)13(29)10(7-26)37-22)40-23-20(17(33)14(30)11(8-27)38-23)39-21-18(34)15(31)12(28)9(6-25)36-21/h9-23,25-34H,1-8,24H2/t9?,10?,11?,12-,13-,14-,15+,16+,17+,18?,19?,20?,21+,22-,23+/m1/s1. The zero-order valence-corrected chi connectivity index (χ0v) is 23.0. The van der Waals surface area contributed by atoms with E-state index in [2.05, 4.69) is 0 Å². The van der Waals surface area contributed by atoms with Gasteiger partial charge in [0.2, 0.25) is 0 Å². The number of hydrogen-bond donors (Lipinski definition) is 11. The Balaban J connectivity index is 1.80. The fourth-order valence-electron chi connectivity index (χ4n) is 4.68. The van der Waals surface area contributed by atoms with Crippen molar-refractivity contribution in [2.45, 2.75) is 98.5 Å². The molecule has 0 aliphatic carbocycles. The molecule has 3 fully saturated rings. The van der Waals surface area contributed by atoms with Gasteiger partial charge in [0.15, 0.2) is 18.9 Å². The molecule has 15 atom stereocenters. The van der Waals surface area contributed by atoms with Crippen molar-refractivity contribution in [3.63, 3.8) is 0 Å². The van der Waals surface area contributed by atoms with Gasteiger partial charge in [-0.3, -0.25) is 0 Å². The minimum atomic E-state index is -1.88. The van der Waals surface area contributed by atoms with Crippen molar-refractivity contribution in [2.24, 2.45) is 5.73 Å². The maximum absolute atomic E-state index is 10.9. The first-order valence-corrected chi connectivity index (χ1v) is 14.5. The van der Waals surface area contributed by atoms with Gasteiger partial charge in [-0.25, -0.2) is 0 Å². The maximum Gasteiger partial charge on any atom is 0.187 e. The Hall–Kier alpha value is -0.330. The smallest absolute Gasteiger partial charge is 0.187 e. The third kappa shape index (κ3) is 8.44. The summed E-state index contributed by atoms with van der Waals surface area (Å²) in [6.07, 6.45) is -23.9. The van der Waals surface area contributed by atoms with Crippen LogP contribution in [-0.2, 0) is 28.4 Å². The lowest BCUT2D eigenvalue weighted by Gasteiger charge is -2.48. The van der Waals surface area contributed by atoms with E-state index in [0.717, 1.165) is 5.75 Å². The first-order valence-electron chi connectivity index (χ1n) is 13.3. The highest BCUT2D eigenvalue weighted by atomic mass is 32.2. The number of rotatable bonds is 14. The van der Waals surface area contributed by atoms with E-state index < -0.39 is 112 Å². The molecule has 242 valence electrons. The number of aliphatic hydroxyl groups is 10. The van der Waals surface area contributed by atoms with Gasteiger partial charge in [0, 0.05) is 12.3 Å². The molecule has 3 aliphatic heterocycles. The molecule has 41 heavy (non-hydrogen) atoms. The summed E-state index contributed by atoms with van der Waals surface area (Å²) in [5.41, 5.74) is 5.48. The van der Waals surface area contributed by atoms with Gasteiger partial charge in [-0.2, -0.15) is 11.8 Å². The third-order valence-corrected chi connectivity index (χ3v) is 8.16. The van der Waals surface area contributed by atoms with Gasteiger partial charge >= 0.3 is 0 Å². The number of ether oxygens (including phenoxy) is 6. The van der Waals surface area contributed by atoms with Crippen LogP contribution in [0, 0.1) is 0 Å². The molecule has 3 saturated heterocycles. The first kappa shape index (κ1) is 35.2. The summed E-state index contributed by atoms with van der Waals surface area (Å²) in [6, 6.07) is 0. The van der Waals surface area contributed by atoms with Crippen molar-refractivity contribution in [2.75, 3.05) is 44.5 Å². The van der Waals surface area contributed by atoms with E-state index in [0.29, 0.717) is 18.7 Å². The van der Waals surface area contributed by atoms with E-state index in [9.17, 15) is 51.1 Å². The molecule has 6 unspecified atom stereocenters. The Bertz CT molecular complexity index is 758. The lowest BCUT2D eigenvalue weighted by atomic mass is 9.96. The fourth-order valence-corrected chi connectivity index (χ4v) is 5.37. The summed E-state index contributed by atoms with van der Waals surface area (Å²) in [7, 11) is 0. The predicted octanol–water partition coefficient (Wildman–Crippen LogP) is -6.47. The van der Waals surface area contributed by atoms with Gasteiger partial charge in [-0.05, 0) is 12.2 Å². The van der Waals surface area contributed by atoms with Crippen LogP contribution in [-0.4, -0.2) is 188 Å². The van der Waals surface area contributed by atoms with E-state index in [1.54, 1.807) is 11.8 Å². The van der Waals surface area contributed by atoms with E-state index >= 15 is 0 Å². The number of nitrogens with two attached hydrogens (primary N) is 1. The molecule has 0 amide bonds. The second kappa shape index (κ2) is 16.7. The van der Waals surface area contributed by atoms with Crippen LogP contribution >= 0.6 is 11.8 Å². The van der Waals surface area contributed by atoms with Gasteiger partial charge in [-0.1, -0.05) is 0 Å². The average molecular weight is 622 g/mol. The Kier molecular flexibility index (Phi) is 14.3. The van der Waals surface area contributed by atoms with Crippen molar-refractivity contribution < 1.29 is 79.5 Å². The largest absolute Gasteiger partial charge is 0.394 e. The molecule has 0 saturated carbocycles. The van der Waals surface area contributed by atoms with Crippen LogP contribution in [0.3, 0.4) is 0 Å². The third-order valence-electron chi connectivity index (χ3n) is 7.06. The number of thioether (sulfide) groups is 1. The second-order valence-electron chi connectivity index (χ2n) is 9.94. The monoisotopic (exact) mass is 621 g/mol. The average Bonchev–Trinajstić information content (AvgIpc) is 2.97. The van der Waals surface area contributed by atoms with Crippen LogP contribution in [0.2, 0.25) is 0 Å². The van der Waals surface area contributed by atoms with E-state index in [-0.39, 0.29) is 6.61 Å². The molecular weight excluding hydrogens is 578 g/mol. The van der Waals surface area contributed by atoms with Crippen molar-refractivity contribution in [1.82, 2.24) is 0 Å². The summed E-state index contributed by atoms with van der Waals surface area (Å²) in [6.45, 7) is -1.55. The Morgan fingerprint density at radius 1 is 0.561 bits per heavy atom. The minimum absolute atomic E-state index is 0.125.